The number of nitrogens with two attached hydrogens (primary N) is 1. The van der Waals surface area contributed by atoms with Gasteiger partial charge in [0.2, 0.25) is 0 Å². The van der Waals surface area contributed by atoms with Crippen molar-refractivity contribution in [2.75, 3.05) is 5.73 Å². The quantitative estimate of drug-likeness (QED) is 0.513. The smallest absolute Gasteiger partial charge is 0.269 e. The highest BCUT2D eigenvalue weighted by molar-refractivity contribution is 6.00. The van der Waals surface area contributed by atoms with Crippen molar-refractivity contribution < 1.29 is 0 Å². The average Bonchev–Trinajstić information content (AvgIpc) is 2.61. The Morgan fingerprint density at radius 2 is 1.75 bits per heavy atom. The number of fused-ring (bicyclic) bond motifs is 3. The number of nitrogens with one attached hydrogen (secondary N) is 2. The molecule has 0 unspecified atom stereocenters. The molecule has 0 saturated carbocycles. The highest BCUT2D eigenvalue weighted by Gasteiger charge is 2.08. The lowest BCUT2D eigenvalue weighted by Gasteiger charge is -1.98. The third kappa shape index (κ3) is 1.10. The van der Waals surface area contributed by atoms with Crippen LogP contribution in [0.3, 0.4) is 0 Å². The van der Waals surface area contributed by atoms with Crippen LogP contribution < -0.4 is 11.3 Å². The molecule has 6 nitrogen and oxygen atoms in total. The van der Waals surface area contributed by atoms with Gasteiger partial charge in [-0.25, -0.2) is 9.97 Å². The summed E-state index contributed by atoms with van der Waals surface area (Å²) in [6, 6.07) is 3.59. The predicted molar refractivity (Wildman–Crippen MR) is 61.2 cm³/mol. The summed E-state index contributed by atoms with van der Waals surface area (Å²) in [5.74, 6) is 0.341. The second-order valence-electron chi connectivity index (χ2n) is 3.63. The molecule has 0 aliphatic heterocycles. The SMILES string of the molecule is Cc1nc2c(ccc3[nH]c(N)nc32)[nH]c1=O. The van der Waals surface area contributed by atoms with E-state index >= 15 is 0 Å². The standard InChI is InChI=1S/C10H9N5O/c1-4-9(16)13-5-2-3-6-8(7(5)12-4)15-10(11)14-6/h2-3H,1H3,(H,13,16)(H3,11,14,15). The van der Waals surface area contributed by atoms with Crippen molar-refractivity contribution in [3.05, 3.63) is 28.2 Å². The molecule has 0 saturated heterocycles. The van der Waals surface area contributed by atoms with Crippen molar-refractivity contribution >= 4 is 28.0 Å². The van der Waals surface area contributed by atoms with Gasteiger partial charge >= 0.3 is 0 Å². The van der Waals surface area contributed by atoms with Gasteiger partial charge in [-0.15, -0.1) is 0 Å². The Kier molecular flexibility index (Phi) is 1.57. The summed E-state index contributed by atoms with van der Waals surface area (Å²) < 4.78 is 0. The topological polar surface area (TPSA) is 100 Å². The maximum Gasteiger partial charge on any atom is 0.269 e. The normalized spacial score (nSPS) is 11.3. The van der Waals surface area contributed by atoms with Crippen LogP contribution in [0.15, 0.2) is 16.9 Å². The Bertz CT molecular complexity index is 755. The summed E-state index contributed by atoms with van der Waals surface area (Å²) in [7, 11) is 0. The highest BCUT2D eigenvalue weighted by atomic mass is 16.1. The Morgan fingerprint density at radius 3 is 2.50 bits per heavy atom. The molecule has 2 aromatic heterocycles. The van der Waals surface area contributed by atoms with E-state index < -0.39 is 0 Å². The number of nitrogen functional groups attached to an aromatic ring is 1. The molecular formula is C10H9N5O. The first-order valence-corrected chi connectivity index (χ1v) is 4.80. The molecule has 16 heavy (non-hydrogen) atoms. The molecule has 80 valence electrons. The first kappa shape index (κ1) is 8.90. The van der Waals surface area contributed by atoms with Crippen LogP contribution in [-0.4, -0.2) is 19.9 Å². The molecule has 3 aromatic rings. The van der Waals surface area contributed by atoms with Crippen molar-refractivity contribution in [1.29, 1.82) is 0 Å². The minimum Gasteiger partial charge on any atom is -0.369 e. The molecule has 2 heterocycles. The maximum absolute atomic E-state index is 11.4. The molecule has 0 bridgehead atoms. The van der Waals surface area contributed by atoms with E-state index in [0.717, 1.165) is 5.52 Å². The van der Waals surface area contributed by atoms with E-state index in [1.165, 1.54) is 0 Å². The van der Waals surface area contributed by atoms with Gasteiger partial charge < -0.3 is 15.7 Å². The summed E-state index contributed by atoms with van der Waals surface area (Å²) in [5, 5.41) is 0. The number of aromatic nitrogens is 4. The van der Waals surface area contributed by atoms with E-state index in [1.807, 2.05) is 6.07 Å². The van der Waals surface area contributed by atoms with Crippen LogP contribution in [0, 0.1) is 6.92 Å². The number of nitrogens with zero attached hydrogens (tertiary/aromatic N) is 2. The first-order chi connectivity index (χ1) is 7.65. The van der Waals surface area contributed by atoms with Gasteiger partial charge in [0, 0.05) is 0 Å². The van der Waals surface area contributed by atoms with Gasteiger partial charge in [-0.3, -0.25) is 4.79 Å². The molecule has 0 radical (unpaired) electrons. The molecule has 0 amide bonds. The molecule has 0 aliphatic rings. The molecule has 3 rings (SSSR count). The number of benzene rings is 1. The van der Waals surface area contributed by atoms with Gasteiger partial charge in [-0.05, 0) is 19.1 Å². The van der Waals surface area contributed by atoms with Crippen LogP contribution in [-0.2, 0) is 0 Å². The summed E-state index contributed by atoms with van der Waals surface area (Å²) in [6.45, 7) is 1.66. The lowest BCUT2D eigenvalue weighted by Crippen LogP contribution is -2.11. The minimum atomic E-state index is -0.185. The monoisotopic (exact) mass is 215 g/mol. The van der Waals surface area contributed by atoms with Crippen molar-refractivity contribution in [2.24, 2.45) is 0 Å². The first-order valence-electron chi connectivity index (χ1n) is 4.80. The Balaban J connectivity index is 2.59. The van der Waals surface area contributed by atoms with Crippen LogP contribution in [0.5, 0.6) is 0 Å². The third-order valence-corrected chi connectivity index (χ3v) is 2.50. The van der Waals surface area contributed by atoms with Gasteiger partial charge in [-0.2, -0.15) is 0 Å². The fourth-order valence-corrected chi connectivity index (χ4v) is 1.73. The van der Waals surface area contributed by atoms with E-state index in [1.54, 1.807) is 13.0 Å². The summed E-state index contributed by atoms with van der Waals surface area (Å²) >= 11 is 0. The molecule has 0 fully saturated rings. The predicted octanol–water partition coefficient (Wildman–Crippen LogP) is 0.690. The maximum atomic E-state index is 11.4. The summed E-state index contributed by atoms with van der Waals surface area (Å²) in [6.07, 6.45) is 0. The second-order valence-corrected chi connectivity index (χ2v) is 3.63. The average molecular weight is 215 g/mol. The van der Waals surface area contributed by atoms with Crippen molar-refractivity contribution in [1.82, 2.24) is 19.9 Å². The van der Waals surface area contributed by atoms with Gasteiger partial charge in [0.15, 0.2) is 5.95 Å². The van der Waals surface area contributed by atoms with Crippen molar-refractivity contribution in [2.45, 2.75) is 6.92 Å². The van der Waals surface area contributed by atoms with Gasteiger partial charge in [0.05, 0.1) is 11.0 Å². The molecule has 0 aliphatic carbocycles. The van der Waals surface area contributed by atoms with Crippen LogP contribution in [0.25, 0.3) is 22.1 Å². The Hall–Kier alpha value is -2.37. The van der Waals surface area contributed by atoms with Gasteiger partial charge in [0.1, 0.15) is 16.7 Å². The van der Waals surface area contributed by atoms with E-state index in [4.69, 9.17) is 5.73 Å². The van der Waals surface area contributed by atoms with Crippen molar-refractivity contribution in [3.8, 4) is 0 Å². The van der Waals surface area contributed by atoms with E-state index in [0.29, 0.717) is 28.2 Å². The molecule has 1 aromatic carbocycles. The number of rotatable bonds is 0. The zero-order valence-electron chi connectivity index (χ0n) is 8.53. The van der Waals surface area contributed by atoms with Crippen LogP contribution >= 0.6 is 0 Å². The number of hydrogen-bond donors (Lipinski definition) is 3. The van der Waals surface area contributed by atoms with E-state index in [-0.39, 0.29) is 5.56 Å². The van der Waals surface area contributed by atoms with Crippen LogP contribution in [0.1, 0.15) is 5.69 Å². The lowest BCUT2D eigenvalue weighted by molar-refractivity contribution is 1.12. The minimum absolute atomic E-state index is 0.185. The number of H-pyrrole nitrogens is 2. The zero-order chi connectivity index (χ0) is 11.3. The number of aromatic amines is 2. The van der Waals surface area contributed by atoms with Crippen LogP contribution in [0.2, 0.25) is 0 Å². The van der Waals surface area contributed by atoms with Crippen LogP contribution in [0.4, 0.5) is 5.95 Å². The fourth-order valence-electron chi connectivity index (χ4n) is 1.73. The van der Waals surface area contributed by atoms with Gasteiger partial charge in [0.25, 0.3) is 5.56 Å². The largest absolute Gasteiger partial charge is 0.369 e. The Labute approximate surface area is 89.5 Å². The number of aryl methyl sites for hydroxylation is 1. The van der Waals surface area contributed by atoms with Crippen molar-refractivity contribution in [3.63, 3.8) is 0 Å². The number of hydrogen-bond acceptors (Lipinski definition) is 4. The summed E-state index contributed by atoms with van der Waals surface area (Å²) in [4.78, 5) is 25.5. The lowest BCUT2D eigenvalue weighted by atomic mass is 10.2. The number of imidazole rings is 1. The molecule has 4 N–H and O–H groups in total. The summed E-state index contributed by atoms with van der Waals surface area (Å²) in [5.41, 5.74) is 8.62. The van der Waals surface area contributed by atoms with E-state index in [9.17, 15) is 4.79 Å². The molecule has 0 atom stereocenters. The second kappa shape index (κ2) is 2.82. The number of anilines is 1. The Morgan fingerprint density at radius 1 is 1.12 bits per heavy atom. The molecular weight excluding hydrogens is 206 g/mol. The van der Waals surface area contributed by atoms with Gasteiger partial charge in [-0.1, -0.05) is 0 Å². The fraction of sp³-hybridized carbons (Fsp3) is 0.100. The highest BCUT2D eigenvalue weighted by Crippen LogP contribution is 2.20. The molecule has 6 heteroatoms. The molecule has 0 spiro atoms. The third-order valence-electron chi connectivity index (χ3n) is 2.50. The van der Waals surface area contributed by atoms with E-state index in [2.05, 4.69) is 19.9 Å². The zero-order valence-corrected chi connectivity index (χ0v) is 8.53.